The number of hydrogen-bond acceptors (Lipinski definition) is 4. The van der Waals surface area contributed by atoms with E-state index in [9.17, 15) is 9.59 Å². The number of methoxy groups -OCH3 is 1. The van der Waals surface area contributed by atoms with Gasteiger partial charge in [-0.05, 0) is 50.0 Å². The van der Waals surface area contributed by atoms with Crippen LogP contribution >= 0.6 is 11.6 Å². The monoisotopic (exact) mass is 389 g/mol. The third-order valence-electron chi connectivity index (χ3n) is 4.11. The minimum Gasteiger partial charge on any atom is -0.497 e. The summed E-state index contributed by atoms with van der Waals surface area (Å²) in [6.07, 6.45) is 0. The second-order valence-electron chi connectivity index (χ2n) is 6.25. The number of ether oxygens (including phenoxy) is 1. The molecule has 0 saturated carbocycles. The molecule has 0 aliphatic carbocycles. The lowest BCUT2D eigenvalue weighted by Gasteiger charge is -2.25. The highest BCUT2D eigenvalue weighted by molar-refractivity contribution is 6.30. The normalized spacial score (nSPS) is 11.7. The molecule has 2 rings (SSSR count). The zero-order chi connectivity index (χ0) is 19.8. The summed E-state index contributed by atoms with van der Waals surface area (Å²) in [6.45, 7) is 0.319. The number of nitrogens with one attached hydrogen (secondary N) is 2. The molecule has 144 valence electrons. The molecule has 2 amide bonds. The average molecular weight is 390 g/mol. The van der Waals surface area contributed by atoms with Crippen molar-refractivity contribution in [3.05, 3.63) is 64.7 Å². The van der Waals surface area contributed by atoms with Gasteiger partial charge in [0.1, 0.15) is 5.75 Å². The second kappa shape index (κ2) is 9.94. The van der Waals surface area contributed by atoms with Crippen LogP contribution in [0.3, 0.4) is 0 Å². The molecule has 0 aliphatic heterocycles. The van der Waals surface area contributed by atoms with Crippen LogP contribution in [0.4, 0.5) is 0 Å². The summed E-state index contributed by atoms with van der Waals surface area (Å²) < 4.78 is 5.17. The zero-order valence-electron chi connectivity index (χ0n) is 15.7. The molecule has 0 aliphatic rings. The molecule has 27 heavy (non-hydrogen) atoms. The fraction of sp³-hybridized carbons (Fsp3) is 0.300. The second-order valence-corrected chi connectivity index (χ2v) is 6.69. The number of hydrogen-bond donors (Lipinski definition) is 2. The molecule has 2 aromatic rings. The Balaban J connectivity index is 1.87. The quantitative estimate of drug-likeness (QED) is 0.727. The van der Waals surface area contributed by atoms with Gasteiger partial charge in [0, 0.05) is 17.1 Å². The van der Waals surface area contributed by atoms with Crippen LogP contribution < -0.4 is 15.4 Å². The molecule has 0 heterocycles. The molecule has 0 fully saturated rings. The Hall–Kier alpha value is -2.57. The van der Waals surface area contributed by atoms with E-state index in [0.29, 0.717) is 17.1 Å². The van der Waals surface area contributed by atoms with Crippen molar-refractivity contribution in [2.24, 2.45) is 0 Å². The number of rotatable bonds is 8. The van der Waals surface area contributed by atoms with E-state index < -0.39 is 0 Å². The van der Waals surface area contributed by atoms with E-state index >= 15 is 0 Å². The first-order chi connectivity index (χ1) is 12.9. The summed E-state index contributed by atoms with van der Waals surface area (Å²) in [5.74, 6) is 0.182. The summed E-state index contributed by atoms with van der Waals surface area (Å²) in [6, 6.07) is 14.3. The standard InChI is InChI=1S/C20H24ClN3O3/c1-24(2)18(14-7-9-17(27-3)10-8-14)12-22-19(25)13-23-20(26)15-5-4-6-16(21)11-15/h4-11,18H,12-13H2,1-3H3,(H,22,25)(H,23,26). The van der Waals surface area contributed by atoms with Crippen LogP contribution in [0, 0.1) is 0 Å². The Morgan fingerprint density at radius 1 is 1.11 bits per heavy atom. The molecule has 0 aromatic heterocycles. The lowest BCUT2D eigenvalue weighted by Crippen LogP contribution is -2.40. The van der Waals surface area contributed by atoms with Gasteiger partial charge in [-0.25, -0.2) is 0 Å². The first kappa shape index (κ1) is 20.7. The molecule has 2 aromatic carbocycles. The maximum absolute atomic E-state index is 12.1. The van der Waals surface area contributed by atoms with Gasteiger partial charge in [-0.15, -0.1) is 0 Å². The van der Waals surface area contributed by atoms with Crippen LogP contribution in [0.2, 0.25) is 5.02 Å². The van der Waals surface area contributed by atoms with E-state index in [4.69, 9.17) is 16.3 Å². The van der Waals surface area contributed by atoms with E-state index in [1.54, 1.807) is 31.4 Å². The third kappa shape index (κ3) is 6.27. The SMILES string of the molecule is COc1ccc(C(CNC(=O)CNC(=O)c2cccc(Cl)c2)N(C)C)cc1. The number of amides is 2. The van der Waals surface area contributed by atoms with Crippen LogP contribution in [-0.2, 0) is 4.79 Å². The Labute approximate surface area is 164 Å². The molecule has 0 bridgehead atoms. The van der Waals surface area contributed by atoms with Crippen LogP contribution in [0.1, 0.15) is 22.0 Å². The first-order valence-corrected chi connectivity index (χ1v) is 8.89. The summed E-state index contributed by atoms with van der Waals surface area (Å²) >= 11 is 5.87. The number of carbonyl (C=O) groups excluding carboxylic acids is 2. The summed E-state index contributed by atoms with van der Waals surface area (Å²) in [5.41, 5.74) is 1.48. The number of likely N-dealkylation sites (N-methyl/N-ethyl adjacent to an activating group) is 1. The van der Waals surface area contributed by atoms with Gasteiger partial charge in [0.15, 0.2) is 0 Å². The summed E-state index contributed by atoms with van der Waals surface area (Å²) in [5, 5.41) is 5.92. The molecule has 0 saturated heterocycles. The van der Waals surface area contributed by atoms with E-state index in [-0.39, 0.29) is 24.4 Å². The molecule has 1 atom stereocenters. The van der Waals surface area contributed by atoms with E-state index in [1.165, 1.54) is 0 Å². The van der Waals surface area contributed by atoms with Gasteiger partial charge in [0.25, 0.3) is 5.91 Å². The first-order valence-electron chi connectivity index (χ1n) is 8.51. The molecule has 6 nitrogen and oxygen atoms in total. The minimum atomic E-state index is -0.341. The molecule has 0 spiro atoms. The Morgan fingerprint density at radius 2 is 1.81 bits per heavy atom. The van der Waals surface area contributed by atoms with Crippen LogP contribution in [0.25, 0.3) is 0 Å². The molecule has 0 radical (unpaired) electrons. The maximum Gasteiger partial charge on any atom is 0.251 e. The maximum atomic E-state index is 12.1. The van der Waals surface area contributed by atoms with Gasteiger partial charge in [-0.2, -0.15) is 0 Å². The number of halogens is 1. The van der Waals surface area contributed by atoms with Crippen molar-refractivity contribution in [3.63, 3.8) is 0 Å². The topological polar surface area (TPSA) is 70.7 Å². The van der Waals surface area contributed by atoms with Gasteiger partial charge < -0.3 is 20.3 Å². The fourth-order valence-electron chi connectivity index (χ4n) is 2.59. The third-order valence-corrected chi connectivity index (χ3v) is 4.35. The van der Waals surface area contributed by atoms with E-state index in [1.807, 2.05) is 43.3 Å². The predicted molar refractivity (Wildman–Crippen MR) is 106 cm³/mol. The highest BCUT2D eigenvalue weighted by Crippen LogP contribution is 2.20. The van der Waals surface area contributed by atoms with Crippen molar-refractivity contribution in [1.29, 1.82) is 0 Å². The molecule has 1 unspecified atom stereocenters. The van der Waals surface area contributed by atoms with Crippen molar-refractivity contribution in [2.75, 3.05) is 34.3 Å². The smallest absolute Gasteiger partial charge is 0.251 e. The minimum absolute atomic E-state index is 0.00323. The average Bonchev–Trinajstić information content (AvgIpc) is 2.66. The van der Waals surface area contributed by atoms with Crippen molar-refractivity contribution < 1.29 is 14.3 Å². The van der Waals surface area contributed by atoms with E-state index in [2.05, 4.69) is 10.6 Å². The Kier molecular flexibility index (Phi) is 7.64. The number of benzene rings is 2. The molecular formula is C20H24ClN3O3. The Morgan fingerprint density at radius 3 is 2.41 bits per heavy atom. The largest absolute Gasteiger partial charge is 0.497 e. The summed E-state index contributed by atoms with van der Waals surface area (Å²) in [4.78, 5) is 26.2. The van der Waals surface area contributed by atoms with Gasteiger partial charge in [-0.1, -0.05) is 29.8 Å². The van der Waals surface area contributed by atoms with Crippen molar-refractivity contribution >= 4 is 23.4 Å². The van der Waals surface area contributed by atoms with Gasteiger partial charge in [-0.3, -0.25) is 9.59 Å². The van der Waals surface area contributed by atoms with Gasteiger partial charge in [0.05, 0.1) is 19.7 Å². The predicted octanol–water partition coefficient (Wildman–Crippen LogP) is 2.50. The van der Waals surface area contributed by atoms with Crippen molar-refractivity contribution in [2.45, 2.75) is 6.04 Å². The summed E-state index contributed by atoms with van der Waals surface area (Å²) in [7, 11) is 5.51. The highest BCUT2D eigenvalue weighted by atomic mass is 35.5. The van der Waals surface area contributed by atoms with Gasteiger partial charge >= 0.3 is 0 Å². The molecule has 7 heteroatoms. The lowest BCUT2D eigenvalue weighted by molar-refractivity contribution is -0.120. The van der Waals surface area contributed by atoms with Gasteiger partial charge in [0.2, 0.25) is 5.91 Å². The van der Waals surface area contributed by atoms with Crippen LogP contribution in [-0.4, -0.2) is 51.0 Å². The van der Waals surface area contributed by atoms with Crippen LogP contribution in [0.15, 0.2) is 48.5 Å². The van der Waals surface area contributed by atoms with Crippen molar-refractivity contribution in [3.8, 4) is 5.75 Å². The fourth-order valence-corrected chi connectivity index (χ4v) is 2.78. The van der Waals surface area contributed by atoms with Crippen LogP contribution in [0.5, 0.6) is 5.75 Å². The van der Waals surface area contributed by atoms with Crippen molar-refractivity contribution in [1.82, 2.24) is 15.5 Å². The van der Waals surface area contributed by atoms with E-state index in [0.717, 1.165) is 11.3 Å². The number of nitrogens with zero attached hydrogens (tertiary/aromatic N) is 1. The zero-order valence-corrected chi connectivity index (χ0v) is 16.4. The molecular weight excluding hydrogens is 366 g/mol. The Bertz CT molecular complexity index is 778. The molecule has 2 N–H and O–H groups in total. The highest BCUT2D eigenvalue weighted by Gasteiger charge is 2.16. The number of carbonyl (C=O) groups is 2. The lowest BCUT2D eigenvalue weighted by atomic mass is 10.1.